The van der Waals surface area contributed by atoms with Crippen LogP contribution in [0.3, 0.4) is 0 Å². The molecular weight excluding hydrogens is 146 g/mol. The first-order valence-corrected chi connectivity index (χ1v) is 3.60. The molecule has 1 rings (SSSR count). The van der Waals surface area contributed by atoms with Crippen LogP contribution >= 0.6 is 0 Å². The van der Waals surface area contributed by atoms with Gasteiger partial charge in [0.25, 0.3) is 0 Å². The topological polar surface area (TPSA) is 47.6 Å². The quantitative estimate of drug-likeness (QED) is 0.653. The molecule has 1 aliphatic rings. The van der Waals surface area contributed by atoms with Crippen molar-refractivity contribution in [1.29, 1.82) is 0 Å². The molecule has 1 amide bonds. The Labute approximate surface area is 65.9 Å². The number of hydrogen-bond donors (Lipinski definition) is 1. The Balaban J connectivity index is 2.35. The number of cyclic esters (lactones) is 1. The van der Waals surface area contributed by atoms with Crippen molar-refractivity contribution < 1.29 is 14.3 Å². The van der Waals surface area contributed by atoms with Crippen LogP contribution in [0.15, 0.2) is 0 Å². The van der Waals surface area contributed by atoms with Gasteiger partial charge in [0.1, 0.15) is 6.61 Å². The van der Waals surface area contributed by atoms with Gasteiger partial charge in [-0.1, -0.05) is 0 Å². The highest BCUT2D eigenvalue weighted by molar-refractivity contribution is 5.70. The molecule has 0 bridgehead atoms. The monoisotopic (exact) mass is 159 g/mol. The van der Waals surface area contributed by atoms with E-state index in [4.69, 9.17) is 9.47 Å². The summed E-state index contributed by atoms with van der Waals surface area (Å²) in [5.41, 5.74) is -0.229. The van der Waals surface area contributed by atoms with E-state index in [0.717, 1.165) is 6.42 Å². The lowest BCUT2D eigenvalue weighted by molar-refractivity contribution is 0.150. The van der Waals surface area contributed by atoms with Gasteiger partial charge in [-0.2, -0.15) is 0 Å². The summed E-state index contributed by atoms with van der Waals surface area (Å²) in [5, 5.41) is 2.72. The van der Waals surface area contributed by atoms with Gasteiger partial charge in [0.15, 0.2) is 0 Å². The second kappa shape index (κ2) is 3.09. The minimum atomic E-state index is -0.330. The first kappa shape index (κ1) is 8.33. The van der Waals surface area contributed by atoms with E-state index in [1.54, 1.807) is 7.11 Å². The molecule has 0 radical (unpaired) electrons. The Morgan fingerprint density at radius 3 is 3.00 bits per heavy atom. The Bertz CT molecular complexity index is 160. The van der Waals surface area contributed by atoms with Crippen molar-refractivity contribution in [2.24, 2.45) is 0 Å². The number of carbonyl (C=O) groups excluding carboxylic acids is 1. The molecule has 64 valence electrons. The van der Waals surface area contributed by atoms with Crippen LogP contribution in [-0.2, 0) is 9.47 Å². The molecule has 1 unspecified atom stereocenters. The largest absolute Gasteiger partial charge is 0.447 e. The normalized spacial score (nSPS) is 29.8. The van der Waals surface area contributed by atoms with Gasteiger partial charge in [0, 0.05) is 13.7 Å². The van der Waals surface area contributed by atoms with Gasteiger partial charge in [0.2, 0.25) is 0 Å². The minimum absolute atomic E-state index is 0.229. The molecule has 1 N–H and O–H groups in total. The molecule has 11 heavy (non-hydrogen) atoms. The predicted molar refractivity (Wildman–Crippen MR) is 39.4 cm³/mol. The zero-order chi connectivity index (χ0) is 8.32. The fraction of sp³-hybridized carbons (Fsp3) is 0.857. The standard InChI is InChI=1S/C7H13NO3/c1-7(3-4-10-2)5-11-6(9)8-7/h3-5H2,1-2H3,(H,8,9). The lowest BCUT2D eigenvalue weighted by Crippen LogP contribution is -2.41. The van der Waals surface area contributed by atoms with Crippen LogP contribution in [0.4, 0.5) is 4.79 Å². The van der Waals surface area contributed by atoms with Crippen molar-refractivity contribution in [3.05, 3.63) is 0 Å². The third-order valence-electron chi connectivity index (χ3n) is 1.78. The van der Waals surface area contributed by atoms with Crippen LogP contribution in [0.1, 0.15) is 13.3 Å². The van der Waals surface area contributed by atoms with Crippen molar-refractivity contribution in [2.45, 2.75) is 18.9 Å². The van der Waals surface area contributed by atoms with Crippen LogP contribution in [0, 0.1) is 0 Å². The van der Waals surface area contributed by atoms with E-state index in [2.05, 4.69) is 5.32 Å². The molecule has 0 aromatic rings. The van der Waals surface area contributed by atoms with Gasteiger partial charge in [0.05, 0.1) is 5.54 Å². The third-order valence-corrected chi connectivity index (χ3v) is 1.78. The second-order valence-corrected chi connectivity index (χ2v) is 3.00. The number of methoxy groups -OCH3 is 1. The molecule has 0 aliphatic carbocycles. The maximum absolute atomic E-state index is 10.6. The first-order valence-electron chi connectivity index (χ1n) is 3.60. The Morgan fingerprint density at radius 1 is 1.82 bits per heavy atom. The molecule has 0 aromatic heterocycles. The molecule has 0 spiro atoms. The molecule has 1 saturated heterocycles. The van der Waals surface area contributed by atoms with E-state index < -0.39 is 0 Å². The van der Waals surface area contributed by atoms with E-state index in [-0.39, 0.29) is 11.6 Å². The maximum Gasteiger partial charge on any atom is 0.407 e. The number of amides is 1. The fourth-order valence-corrected chi connectivity index (χ4v) is 1.01. The van der Waals surface area contributed by atoms with Crippen LogP contribution in [0.25, 0.3) is 0 Å². The van der Waals surface area contributed by atoms with Crippen molar-refractivity contribution in [1.82, 2.24) is 5.32 Å². The molecular formula is C7H13NO3. The molecule has 1 aliphatic heterocycles. The van der Waals surface area contributed by atoms with Crippen LogP contribution in [-0.4, -0.2) is 32.0 Å². The van der Waals surface area contributed by atoms with Gasteiger partial charge >= 0.3 is 6.09 Å². The number of hydrogen-bond acceptors (Lipinski definition) is 3. The summed E-state index contributed by atoms with van der Waals surface area (Å²) in [7, 11) is 1.64. The minimum Gasteiger partial charge on any atom is -0.447 e. The summed E-state index contributed by atoms with van der Waals surface area (Å²) in [6, 6.07) is 0. The fourth-order valence-electron chi connectivity index (χ4n) is 1.01. The molecule has 0 aromatic carbocycles. The summed E-state index contributed by atoms with van der Waals surface area (Å²) in [5.74, 6) is 0. The smallest absolute Gasteiger partial charge is 0.407 e. The Hall–Kier alpha value is -0.770. The molecule has 0 saturated carbocycles. The highest BCUT2D eigenvalue weighted by atomic mass is 16.6. The Morgan fingerprint density at radius 2 is 2.55 bits per heavy atom. The predicted octanol–water partition coefficient (Wildman–Crippen LogP) is 0.521. The van der Waals surface area contributed by atoms with Crippen LogP contribution < -0.4 is 5.32 Å². The third kappa shape index (κ3) is 2.08. The van der Waals surface area contributed by atoms with Crippen molar-refractivity contribution in [2.75, 3.05) is 20.3 Å². The summed E-state index contributed by atoms with van der Waals surface area (Å²) in [4.78, 5) is 10.6. The average molecular weight is 159 g/mol. The van der Waals surface area contributed by atoms with Gasteiger partial charge in [-0.15, -0.1) is 0 Å². The number of alkyl carbamates (subject to hydrolysis) is 1. The maximum atomic E-state index is 10.6. The molecule has 4 heteroatoms. The number of ether oxygens (including phenoxy) is 2. The SMILES string of the molecule is COCCC1(C)COC(=O)N1. The molecule has 4 nitrogen and oxygen atoms in total. The number of nitrogens with one attached hydrogen (secondary N) is 1. The highest BCUT2D eigenvalue weighted by Gasteiger charge is 2.34. The van der Waals surface area contributed by atoms with Crippen LogP contribution in [0.5, 0.6) is 0 Å². The van der Waals surface area contributed by atoms with E-state index in [9.17, 15) is 4.79 Å². The Kier molecular flexibility index (Phi) is 2.34. The van der Waals surface area contributed by atoms with Gasteiger partial charge in [-0.25, -0.2) is 4.79 Å². The van der Waals surface area contributed by atoms with Gasteiger partial charge < -0.3 is 14.8 Å². The van der Waals surface area contributed by atoms with E-state index in [1.165, 1.54) is 0 Å². The molecule has 1 fully saturated rings. The summed E-state index contributed by atoms with van der Waals surface area (Å²) >= 11 is 0. The zero-order valence-corrected chi connectivity index (χ0v) is 6.85. The number of carbonyl (C=O) groups is 1. The summed E-state index contributed by atoms with van der Waals surface area (Å²) < 4.78 is 9.66. The van der Waals surface area contributed by atoms with E-state index in [0.29, 0.717) is 13.2 Å². The lowest BCUT2D eigenvalue weighted by atomic mass is 10.0. The van der Waals surface area contributed by atoms with E-state index >= 15 is 0 Å². The van der Waals surface area contributed by atoms with Crippen molar-refractivity contribution in [3.63, 3.8) is 0 Å². The van der Waals surface area contributed by atoms with Gasteiger partial charge in [-0.05, 0) is 13.3 Å². The van der Waals surface area contributed by atoms with Crippen molar-refractivity contribution in [3.8, 4) is 0 Å². The lowest BCUT2D eigenvalue weighted by Gasteiger charge is -2.19. The average Bonchev–Trinajstić information content (AvgIpc) is 2.28. The molecule has 1 heterocycles. The molecule has 1 atom stereocenters. The zero-order valence-electron chi connectivity index (χ0n) is 6.85. The van der Waals surface area contributed by atoms with E-state index in [1.807, 2.05) is 6.92 Å². The van der Waals surface area contributed by atoms with Gasteiger partial charge in [-0.3, -0.25) is 0 Å². The second-order valence-electron chi connectivity index (χ2n) is 3.00. The summed E-state index contributed by atoms with van der Waals surface area (Å²) in [6.07, 6.45) is 0.457. The number of rotatable bonds is 3. The summed E-state index contributed by atoms with van der Waals surface area (Å²) in [6.45, 7) is 3.02. The van der Waals surface area contributed by atoms with Crippen molar-refractivity contribution >= 4 is 6.09 Å². The highest BCUT2D eigenvalue weighted by Crippen LogP contribution is 2.15. The first-order chi connectivity index (χ1) is 5.16. The van der Waals surface area contributed by atoms with Crippen LogP contribution in [0.2, 0.25) is 0 Å².